The molecule has 0 unspecified atom stereocenters. The van der Waals surface area contributed by atoms with Gasteiger partial charge in [-0.2, -0.15) is 5.26 Å². The van der Waals surface area contributed by atoms with Crippen LogP contribution >= 0.6 is 15.9 Å². The average Bonchev–Trinajstić information content (AvgIpc) is 2.81. The van der Waals surface area contributed by atoms with Crippen molar-refractivity contribution in [3.8, 4) is 28.7 Å². The number of alkyl halides is 3. The number of esters is 1. The molecular formula is C23H14BrF3N2O6S. The van der Waals surface area contributed by atoms with Gasteiger partial charge in [0.1, 0.15) is 11.5 Å². The van der Waals surface area contributed by atoms with Crippen LogP contribution in [0, 0.1) is 11.3 Å². The van der Waals surface area contributed by atoms with E-state index >= 15 is 0 Å². The molecule has 1 aliphatic heterocycles. The number of nitrogens with one attached hydrogen (secondary N) is 1. The van der Waals surface area contributed by atoms with Crippen molar-refractivity contribution in [1.82, 2.24) is 0 Å². The number of nitrogens with zero attached hydrogens (tertiary/aromatic N) is 1. The Morgan fingerprint density at radius 1 is 1.11 bits per heavy atom. The van der Waals surface area contributed by atoms with Gasteiger partial charge in [-0.15, -0.1) is 13.2 Å². The standard InChI is InChI=1S/C23H14BrF3N2O6S/c1-33-21-17(24)7-15-9-20(21)36(31,32)29-18-8-13(4-5-19(18)35-23(25,26)27)16-6-12(10-28)2-3-14(16)11-34-22(15)30/h2-9,29H,11H2,1H3. The third-order valence-corrected chi connectivity index (χ3v) is 7.06. The van der Waals surface area contributed by atoms with Crippen molar-refractivity contribution in [2.24, 2.45) is 0 Å². The Balaban J connectivity index is 2.01. The van der Waals surface area contributed by atoms with Crippen molar-refractivity contribution in [3.05, 3.63) is 69.7 Å². The van der Waals surface area contributed by atoms with E-state index in [1.54, 1.807) is 0 Å². The highest BCUT2D eigenvalue weighted by atomic mass is 79.9. The zero-order valence-corrected chi connectivity index (χ0v) is 20.5. The van der Waals surface area contributed by atoms with Crippen LogP contribution in [0.1, 0.15) is 21.5 Å². The molecule has 3 aromatic rings. The molecule has 4 rings (SSSR count). The monoisotopic (exact) mass is 582 g/mol. The number of methoxy groups -OCH3 is 1. The number of cyclic esters (lactones) is 1. The van der Waals surface area contributed by atoms with E-state index in [1.165, 1.54) is 37.4 Å². The Hall–Kier alpha value is -3.76. The van der Waals surface area contributed by atoms with Crippen LogP contribution < -0.4 is 14.2 Å². The minimum absolute atomic E-state index is 0.0919. The van der Waals surface area contributed by atoms with E-state index in [9.17, 15) is 31.6 Å². The summed E-state index contributed by atoms with van der Waals surface area (Å²) in [5, 5.41) is 9.31. The van der Waals surface area contributed by atoms with Gasteiger partial charge in [0.05, 0.1) is 34.5 Å². The summed E-state index contributed by atoms with van der Waals surface area (Å²) in [6, 6.07) is 12.0. The number of sulfonamides is 1. The van der Waals surface area contributed by atoms with Gasteiger partial charge >= 0.3 is 12.3 Å². The van der Waals surface area contributed by atoms with Gasteiger partial charge in [-0.25, -0.2) is 13.2 Å². The molecule has 13 heteroatoms. The number of rotatable bonds is 2. The molecule has 3 aromatic carbocycles. The Morgan fingerprint density at radius 2 is 1.86 bits per heavy atom. The van der Waals surface area contributed by atoms with E-state index < -0.39 is 38.7 Å². The van der Waals surface area contributed by atoms with Crippen molar-refractivity contribution in [2.75, 3.05) is 11.8 Å². The summed E-state index contributed by atoms with van der Waals surface area (Å²) in [6.07, 6.45) is -5.11. The minimum Gasteiger partial charge on any atom is -0.494 e. The average molecular weight is 583 g/mol. The topological polar surface area (TPSA) is 115 Å². The number of carbonyl (C=O) groups is 1. The lowest BCUT2D eigenvalue weighted by Gasteiger charge is -2.18. The van der Waals surface area contributed by atoms with Gasteiger partial charge in [0.25, 0.3) is 10.0 Å². The van der Waals surface area contributed by atoms with Gasteiger partial charge in [0, 0.05) is 0 Å². The second-order valence-electron chi connectivity index (χ2n) is 7.41. The van der Waals surface area contributed by atoms with Crippen LogP contribution in [0.3, 0.4) is 0 Å². The number of ether oxygens (including phenoxy) is 3. The molecular weight excluding hydrogens is 569 g/mol. The minimum atomic E-state index is -5.11. The zero-order chi connectivity index (χ0) is 26.3. The smallest absolute Gasteiger partial charge is 0.494 e. The fourth-order valence-electron chi connectivity index (χ4n) is 3.54. The largest absolute Gasteiger partial charge is 0.573 e. The molecule has 36 heavy (non-hydrogen) atoms. The van der Waals surface area contributed by atoms with E-state index in [2.05, 4.69) is 25.4 Å². The first-order valence-electron chi connectivity index (χ1n) is 9.92. The number of hydrogen-bond acceptors (Lipinski definition) is 7. The number of anilines is 1. The van der Waals surface area contributed by atoms with Gasteiger partial charge in [0.2, 0.25) is 0 Å². The highest BCUT2D eigenvalue weighted by Gasteiger charge is 2.34. The lowest BCUT2D eigenvalue weighted by Crippen LogP contribution is -2.20. The summed E-state index contributed by atoms with van der Waals surface area (Å²) in [7, 11) is -3.44. The molecule has 1 heterocycles. The maximum Gasteiger partial charge on any atom is 0.573 e. The van der Waals surface area contributed by atoms with Gasteiger partial charge in [0.15, 0.2) is 11.5 Å². The molecule has 0 spiro atoms. The summed E-state index contributed by atoms with van der Waals surface area (Å²) in [5.74, 6) is -1.87. The van der Waals surface area contributed by atoms with Gasteiger partial charge < -0.3 is 14.2 Å². The predicted molar refractivity (Wildman–Crippen MR) is 124 cm³/mol. The van der Waals surface area contributed by atoms with Crippen LogP contribution in [0.15, 0.2) is 57.9 Å². The molecule has 0 radical (unpaired) electrons. The Kier molecular flexibility index (Phi) is 6.59. The molecule has 0 saturated heterocycles. The summed E-state index contributed by atoms with van der Waals surface area (Å²) < 4.78 is 82.7. The maximum atomic E-state index is 13.3. The molecule has 0 fully saturated rings. The molecule has 0 saturated carbocycles. The Bertz CT molecular complexity index is 1530. The lowest BCUT2D eigenvalue weighted by atomic mass is 9.97. The third kappa shape index (κ3) is 5.09. The van der Waals surface area contributed by atoms with E-state index in [-0.39, 0.29) is 33.5 Å². The highest BCUT2D eigenvalue weighted by Crippen LogP contribution is 2.40. The van der Waals surface area contributed by atoms with Gasteiger partial charge in [-0.1, -0.05) is 12.1 Å². The fourth-order valence-corrected chi connectivity index (χ4v) is 5.57. The second-order valence-corrected chi connectivity index (χ2v) is 9.92. The Morgan fingerprint density at radius 3 is 2.53 bits per heavy atom. The van der Waals surface area contributed by atoms with Crippen LogP contribution in [0.2, 0.25) is 0 Å². The van der Waals surface area contributed by atoms with Crippen LogP contribution in [-0.2, 0) is 21.4 Å². The van der Waals surface area contributed by atoms with Crippen molar-refractivity contribution < 1.29 is 40.6 Å². The molecule has 1 N–H and O–H groups in total. The van der Waals surface area contributed by atoms with Gasteiger partial charge in [-0.05, 0) is 69.0 Å². The van der Waals surface area contributed by atoms with Crippen LogP contribution in [0.4, 0.5) is 18.9 Å². The van der Waals surface area contributed by atoms with E-state index in [0.717, 1.165) is 18.2 Å². The number of carbonyl (C=O) groups excluding carboxylic acids is 1. The molecule has 1 aliphatic rings. The summed E-state index contributed by atoms with van der Waals surface area (Å²) in [5.41, 5.74) is 0.536. The van der Waals surface area contributed by atoms with Crippen molar-refractivity contribution in [2.45, 2.75) is 17.9 Å². The number of hydrogen-bond donors (Lipinski definition) is 1. The number of halogens is 4. The van der Waals surface area contributed by atoms with Crippen LogP contribution in [0.5, 0.6) is 11.5 Å². The highest BCUT2D eigenvalue weighted by molar-refractivity contribution is 9.10. The predicted octanol–water partition coefficient (Wildman–Crippen LogP) is 5.37. The number of benzene rings is 3. The maximum absolute atomic E-state index is 13.3. The van der Waals surface area contributed by atoms with Crippen LogP contribution in [-0.4, -0.2) is 27.9 Å². The Labute approximate surface area is 211 Å². The second kappa shape index (κ2) is 9.36. The molecule has 4 bridgehead atoms. The molecule has 8 nitrogen and oxygen atoms in total. The zero-order valence-electron chi connectivity index (χ0n) is 18.1. The van der Waals surface area contributed by atoms with E-state index in [1.807, 2.05) is 6.07 Å². The first-order chi connectivity index (χ1) is 16.9. The van der Waals surface area contributed by atoms with E-state index in [4.69, 9.17) is 9.47 Å². The molecule has 186 valence electrons. The molecule has 0 aliphatic carbocycles. The normalized spacial score (nSPS) is 14.5. The van der Waals surface area contributed by atoms with Crippen molar-refractivity contribution in [1.29, 1.82) is 5.26 Å². The first-order valence-corrected chi connectivity index (χ1v) is 12.2. The fraction of sp³-hybridized carbons (Fsp3) is 0.130. The summed E-state index contributed by atoms with van der Waals surface area (Å²) in [6.45, 7) is -0.269. The summed E-state index contributed by atoms with van der Waals surface area (Å²) in [4.78, 5) is 12.2. The van der Waals surface area contributed by atoms with Crippen molar-refractivity contribution in [3.63, 3.8) is 0 Å². The quantitative estimate of drug-likeness (QED) is 0.404. The van der Waals surface area contributed by atoms with Crippen LogP contribution in [0.25, 0.3) is 11.1 Å². The molecule has 0 amide bonds. The van der Waals surface area contributed by atoms with Gasteiger partial charge in [-0.3, -0.25) is 4.72 Å². The molecule has 0 atom stereocenters. The SMILES string of the molecule is COc1c(Br)cc2cc1S(=O)(=O)Nc1cc(ccc1OC(F)(F)F)-c1cc(C#N)ccc1COC2=O. The number of fused-ring (bicyclic) bond motifs is 6. The van der Waals surface area contributed by atoms with Crippen molar-refractivity contribution >= 4 is 37.6 Å². The van der Waals surface area contributed by atoms with E-state index in [0.29, 0.717) is 11.1 Å². The third-order valence-electron chi connectivity index (χ3n) is 5.10. The number of nitriles is 1. The lowest BCUT2D eigenvalue weighted by molar-refractivity contribution is -0.274. The summed E-state index contributed by atoms with van der Waals surface area (Å²) >= 11 is 3.15. The molecule has 0 aromatic heterocycles. The first kappa shape index (κ1) is 25.3.